The summed E-state index contributed by atoms with van der Waals surface area (Å²) in [6, 6.07) is 4.11. The van der Waals surface area contributed by atoms with Crippen molar-refractivity contribution in [3.63, 3.8) is 0 Å². The number of anilines is 1. The molecule has 126 valence electrons. The number of rotatable bonds is 1. The third-order valence-electron chi connectivity index (χ3n) is 3.70. The van der Waals surface area contributed by atoms with E-state index in [9.17, 15) is 9.18 Å². The van der Waals surface area contributed by atoms with Crippen LogP contribution in [0, 0.1) is 5.82 Å². The Balaban J connectivity index is 2.20. The predicted octanol–water partition coefficient (Wildman–Crippen LogP) is 2.85. The minimum Gasteiger partial charge on any atom is -0.465 e. The molecule has 1 aromatic carbocycles. The van der Waals surface area contributed by atoms with Gasteiger partial charge in [0.25, 0.3) is 0 Å². The summed E-state index contributed by atoms with van der Waals surface area (Å²) >= 11 is 12.1. The fourth-order valence-corrected chi connectivity index (χ4v) is 3.02. The number of benzene rings is 1. The lowest BCUT2D eigenvalue weighted by Gasteiger charge is -2.32. The second kappa shape index (κ2) is 5.64. The Labute approximate surface area is 145 Å². The van der Waals surface area contributed by atoms with Crippen LogP contribution in [0.5, 0.6) is 0 Å². The molecule has 1 unspecified atom stereocenters. The number of nitrogens with two attached hydrogens (primary N) is 1. The maximum absolute atomic E-state index is 14.3. The Morgan fingerprint density at radius 3 is 2.88 bits per heavy atom. The van der Waals surface area contributed by atoms with Gasteiger partial charge in [0.05, 0.1) is 6.54 Å². The number of halogens is 3. The Kier molecular flexibility index (Phi) is 3.89. The van der Waals surface area contributed by atoms with Gasteiger partial charge in [0, 0.05) is 11.3 Å². The number of nitrogen functional groups attached to an aromatic ring is 1. The van der Waals surface area contributed by atoms with E-state index in [2.05, 4.69) is 15.3 Å². The number of carbonyl (C=O) groups is 1. The molecule has 0 spiro atoms. The number of fused-ring (bicyclic) bond motifs is 1. The van der Waals surface area contributed by atoms with Crippen LogP contribution in [-0.2, 0) is 12.1 Å². The zero-order valence-corrected chi connectivity index (χ0v) is 13.9. The van der Waals surface area contributed by atoms with Crippen molar-refractivity contribution in [3.05, 3.63) is 45.7 Å². The maximum atomic E-state index is 14.3. The van der Waals surface area contributed by atoms with E-state index in [0.717, 1.165) is 0 Å². The van der Waals surface area contributed by atoms with Crippen molar-refractivity contribution in [1.29, 1.82) is 0 Å². The van der Waals surface area contributed by atoms with Crippen LogP contribution in [0.2, 0.25) is 10.3 Å². The number of imidazole rings is 1. The van der Waals surface area contributed by atoms with Gasteiger partial charge in [0.1, 0.15) is 16.5 Å². The molecule has 2 heterocycles. The molecule has 1 amide bonds. The molecule has 10 heteroatoms. The molecule has 0 saturated carbocycles. The molecule has 2 aromatic rings. The van der Waals surface area contributed by atoms with E-state index in [4.69, 9.17) is 34.0 Å². The third-order valence-corrected chi connectivity index (χ3v) is 4.44. The van der Waals surface area contributed by atoms with Gasteiger partial charge in [-0.2, -0.15) is 0 Å². The van der Waals surface area contributed by atoms with Crippen LogP contribution in [0.1, 0.15) is 18.3 Å². The summed E-state index contributed by atoms with van der Waals surface area (Å²) in [7, 11) is 0. The molecule has 0 fully saturated rings. The molecule has 1 aromatic heterocycles. The SMILES string of the molecule is CC1(c2cc(N)ccc2F)Cn2c(nc(Cl)c2Cl)C(NC(=O)O)=N1. The van der Waals surface area contributed by atoms with Crippen LogP contribution in [0.3, 0.4) is 0 Å². The Bertz CT molecular complexity index is 882. The van der Waals surface area contributed by atoms with Gasteiger partial charge in [-0.1, -0.05) is 23.2 Å². The second-order valence-electron chi connectivity index (χ2n) is 5.51. The number of nitrogens with zero attached hydrogens (tertiary/aromatic N) is 3. The molecular formula is C14H12Cl2FN5O2. The highest BCUT2D eigenvalue weighted by atomic mass is 35.5. The van der Waals surface area contributed by atoms with Crippen molar-refractivity contribution in [2.45, 2.75) is 19.0 Å². The minimum atomic E-state index is -1.34. The number of nitrogens with one attached hydrogen (secondary N) is 1. The fourth-order valence-electron chi connectivity index (χ4n) is 2.66. The zero-order chi connectivity index (χ0) is 17.6. The summed E-state index contributed by atoms with van der Waals surface area (Å²) in [4.78, 5) is 19.4. The largest absolute Gasteiger partial charge is 0.465 e. The van der Waals surface area contributed by atoms with Gasteiger partial charge in [-0.05, 0) is 25.1 Å². The molecule has 1 aliphatic rings. The number of amidine groups is 1. The first-order valence-corrected chi connectivity index (χ1v) is 7.54. The highest BCUT2D eigenvalue weighted by Gasteiger charge is 2.38. The molecule has 0 aliphatic carbocycles. The first-order valence-electron chi connectivity index (χ1n) is 6.78. The lowest BCUT2D eigenvalue weighted by Crippen LogP contribution is -2.41. The highest BCUT2D eigenvalue weighted by molar-refractivity contribution is 6.41. The van der Waals surface area contributed by atoms with E-state index in [1.807, 2.05) is 0 Å². The van der Waals surface area contributed by atoms with Crippen molar-refractivity contribution >= 4 is 40.8 Å². The van der Waals surface area contributed by atoms with E-state index in [1.165, 1.54) is 22.8 Å². The number of hydrogen-bond donors (Lipinski definition) is 3. The molecule has 1 atom stereocenters. The van der Waals surface area contributed by atoms with E-state index in [0.29, 0.717) is 5.69 Å². The van der Waals surface area contributed by atoms with Crippen LogP contribution in [0.15, 0.2) is 23.2 Å². The quantitative estimate of drug-likeness (QED) is 0.670. The van der Waals surface area contributed by atoms with Gasteiger partial charge in [-0.15, -0.1) is 0 Å². The van der Waals surface area contributed by atoms with Crippen LogP contribution < -0.4 is 11.1 Å². The minimum absolute atomic E-state index is 0.00357. The summed E-state index contributed by atoms with van der Waals surface area (Å²) in [5, 5.41) is 11.3. The molecule has 3 rings (SSSR count). The molecule has 0 bridgehead atoms. The first kappa shape index (κ1) is 16.5. The number of aliphatic imine (C=N–C) groups is 1. The monoisotopic (exact) mass is 371 g/mol. The average molecular weight is 372 g/mol. The fraction of sp³-hybridized carbons (Fsp3) is 0.214. The van der Waals surface area contributed by atoms with Gasteiger partial charge in [-0.25, -0.2) is 14.2 Å². The topological polar surface area (TPSA) is 106 Å². The van der Waals surface area contributed by atoms with Crippen LogP contribution >= 0.6 is 23.2 Å². The third kappa shape index (κ3) is 2.67. The number of amides is 1. The van der Waals surface area contributed by atoms with Crippen molar-refractivity contribution in [2.75, 3.05) is 5.73 Å². The smallest absolute Gasteiger partial charge is 0.410 e. The lowest BCUT2D eigenvalue weighted by molar-refractivity contribution is 0.200. The van der Waals surface area contributed by atoms with Crippen molar-refractivity contribution in [3.8, 4) is 0 Å². The van der Waals surface area contributed by atoms with Gasteiger partial charge in [0.2, 0.25) is 0 Å². The lowest BCUT2D eigenvalue weighted by atomic mass is 9.90. The predicted molar refractivity (Wildman–Crippen MR) is 88.1 cm³/mol. The van der Waals surface area contributed by atoms with Crippen LogP contribution in [-0.4, -0.2) is 26.6 Å². The van der Waals surface area contributed by atoms with Crippen LogP contribution in [0.25, 0.3) is 0 Å². The van der Waals surface area contributed by atoms with E-state index in [-0.39, 0.29) is 34.1 Å². The number of hydrogen-bond acceptors (Lipinski definition) is 4. The Hall–Kier alpha value is -2.32. The highest BCUT2D eigenvalue weighted by Crippen LogP contribution is 2.37. The zero-order valence-electron chi connectivity index (χ0n) is 12.3. The van der Waals surface area contributed by atoms with E-state index >= 15 is 0 Å². The molecule has 4 N–H and O–H groups in total. The number of carboxylic acid groups (broad SMARTS) is 1. The van der Waals surface area contributed by atoms with Gasteiger partial charge < -0.3 is 15.4 Å². The van der Waals surface area contributed by atoms with Crippen molar-refractivity contribution < 1.29 is 14.3 Å². The van der Waals surface area contributed by atoms with Gasteiger partial charge >= 0.3 is 6.09 Å². The standard InChI is InChI=1S/C14H12Cl2FN5O2/c1-14(7-4-6(18)2-3-8(7)17)5-22-10(16)9(15)19-12(22)11(21-14)20-13(23)24/h2-4H,5,18H2,1H3,(H,20,21)(H,23,24). The molecule has 0 saturated heterocycles. The summed E-state index contributed by atoms with van der Waals surface area (Å²) in [6.45, 7) is 1.76. The van der Waals surface area contributed by atoms with Crippen LogP contribution in [0.4, 0.5) is 14.9 Å². The molecule has 7 nitrogen and oxygen atoms in total. The second-order valence-corrected chi connectivity index (χ2v) is 6.22. The summed E-state index contributed by atoms with van der Waals surface area (Å²) < 4.78 is 15.8. The molecule has 24 heavy (non-hydrogen) atoms. The van der Waals surface area contributed by atoms with E-state index < -0.39 is 17.4 Å². The summed E-state index contributed by atoms with van der Waals surface area (Å²) in [5.74, 6) is -0.433. The molecule has 1 aliphatic heterocycles. The van der Waals surface area contributed by atoms with Gasteiger partial charge in [-0.3, -0.25) is 10.3 Å². The van der Waals surface area contributed by atoms with Crippen molar-refractivity contribution in [1.82, 2.24) is 14.9 Å². The molecular weight excluding hydrogens is 360 g/mol. The Morgan fingerprint density at radius 2 is 2.21 bits per heavy atom. The summed E-state index contributed by atoms with van der Waals surface area (Å²) in [6.07, 6.45) is -1.34. The summed E-state index contributed by atoms with van der Waals surface area (Å²) in [5.41, 5.74) is 5.16. The first-order chi connectivity index (χ1) is 11.2. The van der Waals surface area contributed by atoms with Gasteiger partial charge in [0.15, 0.2) is 16.8 Å². The Morgan fingerprint density at radius 1 is 1.50 bits per heavy atom. The normalized spacial score (nSPS) is 19.6. The van der Waals surface area contributed by atoms with Crippen molar-refractivity contribution in [2.24, 2.45) is 4.99 Å². The van der Waals surface area contributed by atoms with E-state index in [1.54, 1.807) is 6.92 Å². The average Bonchev–Trinajstić information content (AvgIpc) is 2.77. The molecule has 0 radical (unpaired) electrons. The number of aromatic nitrogens is 2. The maximum Gasteiger partial charge on any atom is 0.410 e.